The summed E-state index contributed by atoms with van der Waals surface area (Å²) in [5.74, 6) is 0.333. The number of ether oxygens (including phenoxy) is 6. The molecule has 45 heteroatoms. The molecule has 2 radical (unpaired) electrons. The van der Waals surface area contributed by atoms with Gasteiger partial charge in [-0.1, -0.05) is 63.0 Å². The van der Waals surface area contributed by atoms with Crippen LogP contribution in [0.1, 0.15) is 128 Å². The fourth-order valence-corrected chi connectivity index (χ4v) is 10.9. The predicted octanol–water partition coefficient (Wildman–Crippen LogP) is 8.97. The first-order valence-electron chi connectivity index (χ1n) is 37.8. The summed E-state index contributed by atoms with van der Waals surface area (Å²) in [7, 11) is 15.8. The Labute approximate surface area is 780 Å². The number of carbonyl (C=O) groups excluding carboxylic acids is 3. The molecule has 0 atom stereocenters. The molecule has 0 saturated heterocycles. The molecule has 0 aliphatic heterocycles. The number of fused-ring (bicyclic) bond motifs is 1. The molecule has 0 bridgehead atoms. The van der Waals surface area contributed by atoms with Crippen molar-refractivity contribution in [2.75, 3.05) is 83.5 Å². The fraction of sp³-hybridized carbons (Fsp3) is 0.310. The van der Waals surface area contributed by atoms with E-state index in [0.29, 0.717) is 72.1 Å². The number of anilines is 7. The Balaban J connectivity index is -0.000000763. The van der Waals surface area contributed by atoms with Crippen LogP contribution in [0.5, 0.6) is 34.5 Å². The molecule has 1 heterocycles. The van der Waals surface area contributed by atoms with Crippen molar-refractivity contribution in [2.45, 2.75) is 130 Å². The highest BCUT2D eigenvalue weighted by atomic mass is 79.9. The van der Waals surface area contributed by atoms with Crippen LogP contribution in [0.3, 0.4) is 0 Å². The third-order valence-electron chi connectivity index (χ3n) is 17.5. The number of nitrogen functional groups attached to an aromatic ring is 5. The molecule has 11 rings (SSSR count). The number of hydrogen-bond acceptors (Lipinski definition) is 26. The molecule has 3 fully saturated rings. The van der Waals surface area contributed by atoms with Crippen molar-refractivity contribution in [1.29, 1.82) is 0 Å². The number of carbonyl (C=O) groups is 3. The zero-order chi connectivity index (χ0) is 93.6. The lowest BCUT2D eigenvalue weighted by molar-refractivity contribution is -0.107. The summed E-state index contributed by atoms with van der Waals surface area (Å²) in [4.78, 5) is 57.2. The number of allylic oxidation sites excluding steroid dienone is 4. The highest BCUT2D eigenvalue weighted by Crippen LogP contribution is 2.40. The number of aliphatic imine (C=N–C) groups is 4. The summed E-state index contributed by atoms with van der Waals surface area (Å²) in [5.41, 5.74) is 58.5. The van der Waals surface area contributed by atoms with E-state index >= 15 is 0 Å². The number of rotatable bonds is 26. The molecule has 3 aliphatic rings. The largest absolute Gasteiger partial charge is 0.496 e. The Kier molecular flexibility index (Phi) is 58.1. The predicted molar refractivity (Wildman–Crippen MR) is 523 cm³/mol. The molecule has 1 aromatic heterocycles. The van der Waals surface area contributed by atoms with E-state index in [0.717, 1.165) is 70.8 Å². The number of amides is 3. The average Bonchev–Trinajstić information content (AvgIpc) is 1.59. The van der Waals surface area contributed by atoms with Gasteiger partial charge in [-0.3, -0.25) is 38.9 Å². The smallest absolute Gasteiger partial charge is 0.387 e. The van der Waals surface area contributed by atoms with Crippen LogP contribution in [0, 0.1) is 12.3 Å². The standard InChI is InChI=1S/C23H23F2N5O3.C22H25F2N5O3.C12H12BrF2NO3.C10H14N4.C6H7BrN2.C6H14O2.C4H7BN2.C3H4.CH4.6H2O/c1-27-11-14(10-26)13-3-6-18-17(7-13)28-12-30(18)16-8-19(32-2)21(20(9-16)33-23(24)25)22(31)29-15-4-5-15;1-27-11-13(10-25)12-3-6-17(16(26)7-12)28-15-8-18(31-2)20(19(9-15)32-22(23)24)21(30)29-14-4-5-14;1-18-8-4-6(13)5-9(19-12(14)15)10(8)11(17)16-7-2-3-7;1-14-6-8(5-11)7-2-3-9(12)10(13)4-7;7-4-1-2-5(8)6(9)3-4;1-5(2,7)6(3,4)8;1-7-3-4(5)2-6;1-3-2;;;;;;;/h3,6-12,15,23H,4-5,26H2,1-2H3,(H,29,31);3,6-11,14,22,28H,4-5,25-26H2,1-2H3,(H,29,30);4-5,7,12H,2-3H2,1H3,(H,16,17);2-6H,11-13H2,1H3;1-3H,8-9H2;7-8H,1-4H3;2-3H,6H2,1H3;1H,2H3;1H4;6*1H2. The van der Waals surface area contributed by atoms with E-state index in [9.17, 15) is 40.7 Å². The van der Waals surface area contributed by atoms with Crippen LogP contribution in [-0.2, 0) is 0 Å². The van der Waals surface area contributed by atoms with Gasteiger partial charge in [0, 0.05) is 145 Å². The van der Waals surface area contributed by atoms with E-state index in [-0.39, 0.29) is 110 Å². The first kappa shape index (κ1) is 125. The number of methoxy groups -OCH3 is 3. The lowest BCUT2D eigenvalue weighted by atomic mass is 9.90. The number of hydrogen-bond donors (Lipinski definition) is 15. The number of nitrogens with zero attached hydrogens (tertiary/aromatic N) is 6. The van der Waals surface area contributed by atoms with Gasteiger partial charge in [0.05, 0.1) is 83.4 Å². The minimum Gasteiger partial charge on any atom is -0.496 e. The van der Waals surface area contributed by atoms with Crippen molar-refractivity contribution < 1.29 is 112 Å². The molecule has 0 unspecified atom stereocenters. The summed E-state index contributed by atoms with van der Waals surface area (Å²) >= 11 is 6.41. The quantitative estimate of drug-likeness (QED) is 0.00790. The number of imidazole rings is 1. The molecule has 0 spiro atoms. The van der Waals surface area contributed by atoms with Gasteiger partial charge in [0.2, 0.25) is 0 Å². The van der Waals surface area contributed by atoms with Crippen LogP contribution >= 0.6 is 31.9 Å². The van der Waals surface area contributed by atoms with Gasteiger partial charge in [0.25, 0.3) is 17.7 Å². The molecule has 36 N–H and O–H groups in total. The van der Waals surface area contributed by atoms with E-state index in [4.69, 9.17) is 88.6 Å². The van der Waals surface area contributed by atoms with Crippen LogP contribution in [0.4, 0.5) is 66.2 Å². The Morgan fingerprint density at radius 3 is 1.17 bits per heavy atom. The Morgan fingerprint density at radius 2 is 0.833 bits per heavy atom. The Hall–Kier alpha value is -13.3. The lowest BCUT2D eigenvalue weighted by Crippen LogP contribution is -2.44. The summed E-state index contributed by atoms with van der Waals surface area (Å²) < 4.78 is 110. The van der Waals surface area contributed by atoms with E-state index in [1.165, 1.54) is 82.7 Å². The number of aliphatic hydroxyl groups is 2. The van der Waals surface area contributed by atoms with Gasteiger partial charge in [-0.25, -0.2) is 4.98 Å². The molecule has 3 amide bonds. The van der Waals surface area contributed by atoms with Crippen molar-refractivity contribution in [1.82, 2.24) is 25.5 Å². The number of nitrogens with two attached hydrogens (primary N) is 9. The van der Waals surface area contributed by atoms with Gasteiger partial charge in [-0.05, 0) is 163 Å². The maximum Gasteiger partial charge on any atom is 0.387 e. The molecular formula is C87H122BBr2F6N19O17. The SMILES string of the molecule is C.C#CC.CC(C)(O)C(C)(C)O.CN=CC(=CN)c1ccc(N)c(N)c1.CN=CC(=CN)c1ccc(Nc2cc(OC)c(C(=O)NC3CC3)c(OC(F)F)c2)c(N)c1.CN=CC(=CN)c1ccc2c(c1)ncn2-c1cc(OC)c(C(=O)NC2CC2)c(OC(F)F)c1.COc1cc(Br)cc(OC(F)F)c1C(=O)NC1CC1.Nc1ccc(Br)cc1N.O.O.O.O.O.O.[B]C(C=NC)=CN. The van der Waals surface area contributed by atoms with Gasteiger partial charge in [-0.2, -0.15) is 26.3 Å². The van der Waals surface area contributed by atoms with E-state index < -0.39 is 48.8 Å². The number of aromatic nitrogens is 2. The first-order chi connectivity index (χ1) is 59.2. The Morgan fingerprint density at radius 1 is 0.500 bits per heavy atom. The van der Waals surface area contributed by atoms with Crippen LogP contribution in [0.15, 0.2) is 175 Å². The summed E-state index contributed by atoms with van der Waals surface area (Å²) in [6.07, 6.45) is 23.4. The minimum atomic E-state index is -3.12. The minimum absolute atomic E-state index is 0. The highest BCUT2D eigenvalue weighted by Gasteiger charge is 2.34. The van der Waals surface area contributed by atoms with E-state index in [2.05, 4.69) is 99.9 Å². The summed E-state index contributed by atoms with van der Waals surface area (Å²) in [6, 6.07) is 30.3. The van der Waals surface area contributed by atoms with Crippen LogP contribution in [0.2, 0.25) is 0 Å². The van der Waals surface area contributed by atoms with Gasteiger partial charge < -0.3 is 144 Å². The number of terminal acetylenes is 1. The topological polar surface area (TPSA) is 686 Å². The monoisotopic (exact) mass is 1990 g/mol. The van der Waals surface area contributed by atoms with Crippen molar-refractivity contribution in [2.24, 2.45) is 42.9 Å². The van der Waals surface area contributed by atoms with Gasteiger partial charge in [-0.15, -0.1) is 12.3 Å². The maximum absolute atomic E-state index is 13.2. The molecule has 7 aromatic carbocycles. The first-order valence-corrected chi connectivity index (χ1v) is 39.4. The molecule has 3 aliphatic carbocycles. The molecule has 132 heavy (non-hydrogen) atoms. The van der Waals surface area contributed by atoms with Gasteiger partial charge >= 0.3 is 19.8 Å². The van der Waals surface area contributed by atoms with Crippen molar-refractivity contribution >= 4 is 150 Å². The van der Waals surface area contributed by atoms with E-state index in [1.54, 1.807) is 141 Å². The lowest BCUT2D eigenvalue weighted by Gasteiger charge is -2.31. The molecular weight excluding hydrogens is 1870 g/mol. The number of alkyl halides is 6. The Bertz CT molecular complexity index is 5240. The molecule has 8 aromatic rings. The maximum atomic E-state index is 13.2. The third-order valence-corrected chi connectivity index (χ3v) is 18.4. The average molecular weight is 1990 g/mol. The highest BCUT2D eigenvalue weighted by molar-refractivity contribution is 9.10. The second-order valence-corrected chi connectivity index (χ2v) is 29.6. The zero-order valence-electron chi connectivity index (χ0n) is 73.9. The fourth-order valence-electron chi connectivity index (χ4n) is 10.1. The van der Waals surface area contributed by atoms with Crippen molar-refractivity contribution in [3.63, 3.8) is 0 Å². The number of benzene rings is 7. The normalized spacial score (nSPS) is 12.6. The van der Waals surface area contributed by atoms with Crippen LogP contribution < -0.4 is 101 Å². The number of halogens is 8. The molecule has 3 saturated carbocycles. The third kappa shape index (κ3) is 40.8. The van der Waals surface area contributed by atoms with Gasteiger partial charge in [0.15, 0.2) is 0 Å². The summed E-state index contributed by atoms with van der Waals surface area (Å²) in [6.45, 7) is -1.28. The summed E-state index contributed by atoms with van der Waals surface area (Å²) in [5, 5.41) is 29.5. The zero-order valence-corrected chi connectivity index (χ0v) is 77.1. The van der Waals surface area contributed by atoms with Gasteiger partial charge in [0.1, 0.15) is 65.4 Å². The second-order valence-electron chi connectivity index (χ2n) is 27.8. The van der Waals surface area contributed by atoms with Crippen LogP contribution in [0.25, 0.3) is 33.4 Å². The van der Waals surface area contributed by atoms with Crippen molar-refractivity contribution in [3.05, 3.63) is 188 Å². The second kappa shape index (κ2) is 61.3. The molecule has 36 nitrogen and oxygen atoms in total. The number of nitrogens with one attached hydrogen (secondary N) is 4. The van der Waals surface area contributed by atoms with E-state index in [1.807, 2.05) is 30.3 Å². The van der Waals surface area contributed by atoms with Crippen LogP contribution in [-0.4, -0.2) is 202 Å². The molecule has 726 valence electrons. The van der Waals surface area contributed by atoms with Crippen molar-refractivity contribution in [3.8, 4) is 52.5 Å².